The number of aromatic nitrogens is 1. The normalized spacial score (nSPS) is 11.8. The summed E-state index contributed by atoms with van der Waals surface area (Å²) in [5.74, 6) is 0. The van der Waals surface area contributed by atoms with Crippen LogP contribution in [-0.2, 0) is 6.42 Å². The van der Waals surface area contributed by atoms with E-state index in [1.807, 2.05) is 6.20 Å². The maximum absolute atomic E-state index is 3.29. The number of hydrogen-bond donors (Lipinski definition) is 1. The van der Waals surface area contributed by atoms with Gasteiger partial charge in [-0.2, -0.15) is 0 Å². The molecule has 0 saturated heterocycles. The first-order valence-electron chi connectivity index (χ1n) is 9.10. The van der Waals surface area contributed by atoms with Crippen LogP contribution in [0.15, 0.2) is 85.1 Å². The summed E-state index contributed by atoms with van der Waals surface area (Å²) < 4.78 is 0. The highest BCUT2D eigenvalue weighted by atomic mass is 14.7. The quantitative estimate of drug-likeness (QED) is 0.422. The Hall–Kier alpha value is -3.06. The van der Waals surface area contributed by atoms with Crippen molar-refractivity contribution in [3.05, 3.63) is 102 Å². The van der Waals surface area contributed by atoms with Gasteiger partial charge in [-0.3, -0.25) is 0 Å². The smallest absolute Gasteiger partial charge is 0.0460 e. The third-order valence-corrected chi connectivity index (χ3v) is 5.06. The Morgan fingerprint density at radius 3 is 2.46 bits per heavy atom. The molecule has 0 amide bonds. The first kappa shape index (κ1) is 16.4. The summed E-state index contributed by atoms with van der Waals surface area (Å²) >= 11 is 0. The molecule has 0 aliphatic carbocycles. The zero-order valence-electron chi connectivity index (χ0n) is 15.3. The maximum atomic E-state index is 3.29. The lowest BCUT2D eigenvalue weighted by atomic mass is 9.98. The topological polar surface area (TPSA) is 15.8 Å². The Kier molecular flexibility index (Phi) is 4.45. The number of aryl methyl sites for hydroxylation is 1. The Bertz CT molecular complexity index is 1060. The zero-order valence-corrected chi connectivity index (χ0v) is 15.3. The van der Waals surface area contributed by atoms with E-state index in [-0.39, 0.29) is 0 Å². The van der Waals surface area contributed by atoms with E-state index in [9.17, 15) is 0 Å². The number of rotatable bonds is 4. The number of nitrogens with one attached hydrogen (secondary N) is 1. The van der Waals surface area contributed by atoms with Gasteiger partial charge in [0.2, 0.25) is 0 Å². The molecule has 4 aromatic rings. The predicted octanol–water partition coefficient (Wildman–Crippen LogP) is 6.79. The van der Waals surface area contributed by atoms with Crippen molar-refractivity contribution in [3.63, 3.8) is 0 Å². The van der Waals surface area contributed by atoms with E-state index in [0.29, 0.717) is 0 Å². The van der Waals surface area contributed by atoms with E-state index < -0.39 is 0 Å². The van der Waals surface area contributed by atoms with Crippen LogP contribution in [0.1, 0.15) is 23.6 Å². The first-order chi connectivity index (χ1) is 12.7. The minimum atomic E-state index is 0.954. The van der Waals surface area contributed by atoms with Crippen LogP contribution in [0.4, 0.5) is 0 Å². The van der Waals surface area contributed by atoms with Gasteiger partial charge >= 0.3 is 0 Å². The summed E-state index contributed by atoms with van der Waals surface area (Å²) in [5, 5.41) is 1.25. The van der Waals surface area contributed by atoms with Gasteiger partial charge in [-0.05, 0) is 71.2 Å². The molecule has 1 heteroatoms. The second kappa shape index (κ2) is 7.05. The lowest BCUT2D eigenvalue weighted by Gasteiger charge is -2.07. The van der Waals surface area contributed by atoms with Crippen molar-refractivity contribution in [2.24, 2.45) is 0 Å². The molecule has 4 rings (SSSR count). The van der Waals surface area contributed by atoms with E-state index in [0.717, 1.165) is 6.42 Å². The third kappa shape index (κ3) is 3.34. The van der Waals surface area contributed by atoms with Crippen molar-refractivity contribution in [3.8, 4) is 11.1 Å². The largest absolute Gasteiger partial charge is 0.361 e. The Balaban J connectivity index is 1.52. The molecule has 0 spiro atoms. The van der Waals surface area contributed by atoms with Crippen molar-refractivity contribution < 1.29 is 0 Å². The van der Waals surface area contributed by atoms with Crippen molar-refractivity contribution in [2.45, 2.75) is 20.3 Å². The lowest BCUT2D eigenvalue weighted by molar-refractivity contribution is 1.26. The number of fused-ring (bicyclic) bond motifs is 1. The van der Waals surface area contributed by atoms with E-state index in [1.54, 1.807) is 0 Å². The molecule has 26 heavy (non-hydrogen) atoms. The molecule has 1 nitrogen and oxygen atoms in total. The number of allylic oxidation sites excluding steroid dienone is 2. The molecule has 128 valence electrons. The fourth-order valence-electron chi connectivity index (χ4n) is 3.46. The van der Waals surface area contributed by atoms with Gasteiger partial charge in [-0.1, -0.05) is 66.7 Å². The van der Waals surface area contributed by atoms with Crippen molar-refractivity contribution in [1.82, 2.24) is 4.98 Å². The molecule has 3 aromatic carbocycles. The van der Waals surface area contributed by atoms with E-state index in [2.05, 4.69) is 97.7 Å². The van der Waals surface area contributed by atoms with Crippen molar-refractivity contribution >= 4 is 16.5 Å². The highest BCUT2D eigenvalue weighted by Gasteiger charge is 2.02. The van der Waals surface area contributed by atoms with Crippen LogP contribution in [0.25, 0.3) is 27.6 Å². The van der Waals surface area contributed by atoms with Crippen LogP contribution in [0.2, 0.25) is 0 Å². The molecule has 0 bridgehead atoms. The molecule has 0 saturated carbocycles. The fourth-order valence-corrected chi connectivity index (χ4v) is 3.46. The number of benzene rings is 3. The summed E-state index contributed by atoms with van der Waals surface area (Å²) in [6, 6.07) is 26.1. The Labute approximate surface area is 155 Å². The van der Waals surface area contributed by atoms with E-state index >= 15 is 0 Å². The van der Waals surface area contributed by atoms with Crippen LogP contribution in [-0.4, -0.2) is 4.98 Å². The van der Waals surface area contributed by atoms with E-state index in [4.69, 9.17) is 0 Å². The van der Waals surface area contributed by atoms with Crippen molar-refractivity contribution in [2.75, 3.05) is 0 Å². The second-order valence-corrected chi connectivity index (χ2v) is 6.88. The monoisotopic (exact) mass is 337 g/mol. The highest BCUT2D eigenvalue weighted by Crippen LogP contribution is 2.25. The molecule has 0 aliphatic rings. The third-order valence-electron chi connectivity index (χ3n) is 5.06. The predicted molar refractivity (Wildman–Crippen MR) is 112 cm³/mol. The summed E-state index contributed by atoms with van der Waals surface area (Å²) in [5.41, 5.74) is 9.03. The molecule has 0 fully saturated rings. The van der Waals surface area contributed by atoms with Gasteiger partial charge < -0.3 is 4.98 Å². The van der Waals surface area contributed by atoms with Crippen LogP contribution < -0.4 is 0 Å². The molecule has 0 atom stereocenters. The van der Waals surface area contributed by atoms with Gasteiger partial charge in [-0.25, -0.2) is 0 Å². The van der Waals surface area contributed by atoms with Gasteiger partial charge in [0.25, 0.3) is 0 Å². The Morgan fingerprint density at radius 2 is 1.65 bits per heavy atom. The van der Waals surface area contributed by atoms with Gasteiger partial charge in [0.15, 0.2) is 0 Å². The van der Waals surface area contributed by atoms with E-state index in [1.165, 1.54) is 44.3 Å². The molecule has 1 N–H and O–H groups in total. The molecular weight excluding hydrogens is 314 g/mol. The molecule has 0 unspecified atom stereocenters. The number of H-pyrrole nitrogens is 1. The van der Waals surface area contributed by atoms with Crippen LogP contribution in [0.5, 0.6) is 0 Å². The zero-order chi connectivity index (χ0) is 17.9. The average molecular weight is 337 g/mol. The first-order valence-corrected chi connectivity index (χ1v) is 9.10. The minimum Gasteiger partial charge on any atom is -0.361 e. The summed E-state index contributed by atoms with van der Waals surface area (Å²) in [7, 11) is 0. The minimum absolute atomic E-state index is 0.954. The summed E-state index contributed by atoms with van der Waals surface area (Å²) in [6.45, 7) is 4.37. The standard InChI is InChI=1S/C25H23N/c1-18-5-3-4-6-24(18)19(2)7-8-20-9-11-21(12-10-20)23-14-13-22-15-16-26-25(22)17-23/h3-7,9-17,26H,8H2,1-2H3/b19-7-. The second-order valence-electron chi connectivity index (χ2n) is 6.88. The SMILES string of the molecule is C/C(=C/Cc1ccc(-c2ccc3cc[nH]c3c2)cc1)c1ccccc1C. The van der Waals surface area contributed by atoms with Gasteiger partial charge in [0.05, 0.1) is 0 Å². The van der Waals surface area contributed by atoms with Gasteiger partial charge in [0.1, 0.15) is 0 Å². The van der Waals surface area contributed by atoms with Crippen LogP contribution >= 0.6 is 0 Å². The van der Waals surface area contributed by atoms with Gasteiger partial charge in [-0.15, -0.1) is 0 Å². The van der Waals surface area contributed by atoms with Gasteiger partial charge in [0, 0.05) is 11.7 Å². The highest BCUT2D eigenvalue weighted by molar-refractivity contribution is 5.84. The molecule has 0 radical (unpaired) electrons. The average Bonchev–Trinajstić information content (AvgIpc) is 3.15. The molecule has 0 aliphatic heterocycles. The lowest BCUT2D eigenvalue weighted by Crippen LogP contribution is -1.87. The molecule has 1 heterocycles. The summed E-state index contributed by atoms with van der Waals surface area (Å²) in [4.78, 5) is 3.29. The number of hydrogen-bond acceptors (Lipinski definition) is 0. The van der Waals surface area contributed by atoms with Crippen molar-refractivity contribution in [1.29, 1.82) is 0 Å². The molecular formula is C25H23N. The molecule has 1 aromatic heterocycles. The van der Waals surface area contributed by atoms with Crippen LogP contribution in [0, 0.1) is 6.92 Å². The Morgan fingerprint density at radius 1 is 0.885 bits per heavy atom. The number of aromatic amines is 1. The van der Waals surface area contributed by atoms with Crippen LogP contribution in [0.3, 0.4) is 0 Å². The fraction of sp³-hybridized carbons (Fsp3) is 0.120. The maximum Gasteiger partial charge on any atom is 0.0460 e. The summed E-state index contributed by atoms with van der Waals surface area (Å²) in [6.07, 6.45) is 5.26.